The number of rotatable bonds is 6. The molecule has 2 saturated carbocycles. The third-order valence-electron chi connectivity index (χ3n) is 7.15. The molecule has 2 fully saturated rings. The minimum atomic E-state index is 1.00. The predicted molar refractivity (Wildman–Crippen MR) is 92.3 cm³/mol. The van der Waals surface area contributed by atoms with Crippen LogP contribution in [0.1, 0.15) is 90.9 Å². The topological polar surface area (TPSA) is 0 Å². The molecule has 3 aliphatic rings. The van der Waals surface area contributed by atoms with Gasteiger partial charge >= 0.3 is 0 Å². The molecule has 120 valence electrons. The summed E-state index contributed by atoms with van der Waals surface area (Å²) in [5, 5.41) is 0. The quantitative estimate of drug-likeness (QED) is 0.374. The number of hydrogen-bond donors (Lipinski definition) is 0. The molecule has 0 aromatic heterocycles. The lowest BCUT2D eigenvalue weighted by Crippen LogP contribution is -2.25. The molecule has 5 unspecified atom stereocenters. The lowest BCUT2D eigenvalue weighted by atomic mass is 9.70. The first-order valence-electron chi connectivity index (χ1n) is 9.98. The zero-order valence-electron chi connectivity index (χ0n) is 14.4. The van der Waals surface area contributed by atoms with Crippen LogP contribution in [0.2, 0.25) is 0 Å². The van der Waals surface area contributed by atoms with Gasteiger partial charge in [-0.25, -0.2) is 0 Å². The monoisotopic (exact) mass is 288 g/mol. The highest BCUT2D eigenvalue weighted by Gasteiger charge is 2.39. The zero-order valence-corrected chi connectivity index (χ0v) is 14.4. The Morgan fingerprint density at radius 3 is 2.76 bits per heavy atom. The smallest absolute Gasteiger partial charge is 0.0200 e. The third-order valence-corrected chi connectivity index (χ3v) is 7.15. The van der Waals surface area contributed by atoms with E-state index in [1.54, 1.807) is 12.8 Å². The Morgan fingerprint density at radius 1 is 1.00 bits per heavy atom. The van der Waals surface area contributed by atoms with E-state index in [0.29, 0.717) is 0 Å². The van der Waals surface area contributed by atoms with E-state index in [9.17, 15) is 0 Å². The molecule has 0 saturated heterocycles. The van der Waals surface area contributed by atoms with Crippen molar-refractivity contribution in [3.63, 3.8) is 0 Å². The van der Waals surface area contributed by atoms with Gasteiger partial charge in [-0.15, -0.1) is 0 Å². The molecule has 0 aromatic carbocycles. The highest BCUT2D eigenvalue weighted by atomic mass is 14.4. The molecule has 21 heavy (non-hydrogen) atoms. The molecule has 0 amide bonds. The van der Waals surface area contributed by atoms with Crippen molar-refractivity contribution in [1.82, 2.24) is 0 Å². The molecule has 0 aromatic rings. The van der Waals surface area contributed by atoms with Crippen molar-refractivity contribution in [3.8, 4) is 0 Å². The van der Waals surface area contributed by atoms with Crippen LogP contribution in [-0.4, -0.2) is 0 Å². The van der Waals surface area contributed by atoms with Gasteiger partial charge in [0.2, 0.25) is 0 Å². The Morgan fingerprint density at radius 2 is 1.90 bits per heavy atom. The van der Waals surface area contributed by atoms with Crippen molar-refractivity contribution >= 4 is 0 Å². The molecule has 0 aliphatic heterocycles. The van der Waals surface area contributed by atoms with Gasteiger partial charge in [-0.05, 0) is 74.5 Å². The van der Waals surface area contributed by atoms with Crippen LogP contribution in [-0.2, 0) is 0 Å². The average Bonchev–Trinajstić information content (AvgIpc) is 3.10. The van der Waals surface area contributed by atoms with E-state index in [0.717, 1.165) is 29.6 Å². The molecular formula is C21H36. The third kappa shape index (κ3) is 3.57. The Hall–Kier alpha value is -0.260. The fourth-order valence-electron chi connectivity index (χ4n) is 5.77. The molecule has 0 nitrogen and oxygen atoms in total. The van der Waals surface area contributed by atoms with Crippen molar-refractivity contribution in [3.05, 3.63) is 11.6 Å². The van der Waals surface area contributed by atoms with Crippen molar-refractivity contribution < 1.29 is 0 Å². The van der Waals surface area contributed by atoms with Crippen LogP contribution in [0.15, 0.2) is 11.6 Å². The summed E-state index contributed by atoms with van der Waals surface area (Å²) in [4.78, 5) is 0. The van der Waals surface area contributed by atoms with Crippen LogP contribution in [0.3, 0.4) is 0 Å². The summed E-state index contributed by atoms with van der Waals surface area (Å²) >= 11 is 0. The van der Waals surface area contributed by atoms with Gasteiger partial charge in [-0.2, -0.15) is 0 Å². The fourth-order valence-corrected chi connectivity index (χ4v) is 5.77. The van der Waals surface area contributed by atoms with Gasteiger partial charge in [0.05, 0.1) is 0 Å². The van der Waals surface area contributed by atoms with Crippen LogP contribution >= 0.6 is 0 Å². The van der Waals surface area contributed by atoms with Gasteiger partial charge in [0.15, 0.2) is 0 Å². The molecule has 3 rings (SSSR count). The zero-order chi connectivity index (χ0) is 14.7. The average molecular weight is 289 g/mol. The Bertz CT molecular complexity index is 353. The lowest BCUT2D eigenvalue weighted by Gasteiger charge is -2.35. The van der Waals surface area contributed by atoms with Gasteiger partial charge in [-0.1, -0.05) is 57.6 Å². The Kier molecular flexibility index (Phi) is 5.46. The number of fused-ring (bicyclic) bond motifs is 1. The summed E-state index contributed by atoms with van der Waals surface area (Å²) in [7, 11) is 0. The summed E-state index contributed by atoms with van der Waals surface area (Å²) in [6.45, 7) is 4.92. The second-order valence-corrected chi connectivity index (χ2v) is 8.30. The van der Waals surface area contributed by atoms with Crippen molar-refractivity contribution in [2.24, 2.45) is 29.6 Å². The van der Waals surface area contributed by atoms with E-state index in [2.05, 4.69) is 19.9 Å². The summed E-state index contributed by atoms with van der Waals surface area (Å²) in [6, 6.07) is 0. The summed E-state index contributed by atoms with van der Waals surface area (Å²) < 4.78 is 0. The number of hydrogen-bond acceptors (Lipinski definition) is 0. The fraction of sp³-hybridized carbons (Fsp3) is 0.905. The molecule has 3 aliphatic carbocycles. The first-order chi connectivity index (χ1) is 10.3. The maximum atomic E-state index is 2.60. The van der Waals surface area contributed by atoms with Crippen LogP contribution in [0.5, 0.6) is 0 Å². The molecule has 0 bridgehead atoms. The molecule has 0 radical (unpaired) electrons. The lowest BCUT2D eigenvalue weighted by molar-refractivity contribution is 0.195. The predicted octanol–water partition coefficient (Wildman–Crippen LogP) is 6.76. The molecule has 5 atom stereocenters. The van der Waals surface area contributed by atoms with Gasteiger partial charge in [0.25, 0.3) is 0 Å². The molecule has 0 heteroatoms. The van der Waals surface area contributed by atoms with Crippen LogP contribution in [0.25, 0.3) is 0 Å². The Labute approximate surface area is 132 Å². The van der Waals surface area contributed by atoms with Crippen LogP contribution in [0.4, 0.5) is 0 Å². The largest absolute Gasteiger partial charge is 0.0850 e. The van der Waals surface area contributed by atoms with Gasteiger partial charge in [0, 0.05) is 0 Å². The second-order valence-electron chi connectivity index (χ2n) is 8.30. The summed E-state index contributed by atoms with van der Waals surface area (Å²) in [5.41, 5.74) is 1.87. The van der Waals surface area contributed by atoms with Crippen LogP contribution < -0.4 is 0 Å². The molecule has 0 N–H and O–H groups in total. The minimum Gasteiger partial charge on any atom is -0.0850 e. The maximum absolute atomic E-state index is 2.60. The molecule has 0 spiro atoms. The van der Waals surface area contributed by atoms with Gasteiger partial charge < -0.3 is 0 Å². The first kappa shape index (κ1) is 15.6. The molecular weight excluding hydrogens is 252 g/mol. The van der Waals surface area contributed by atoms with E-state index in [4.69, 9.17) is 0 Å². The van der Waals surface area contributed by atoms with E-state index in [-0.39, 0.29) is 0 Å². The standard InChI is InChI=1S/C21H36/c1-3-4-5-6-8-17-13-14-21(16(17)2)20-12-11-18-9-7-10-19(18)15-20/h10,16-18,20-21H,3-9,11-15H2,1-2H3. The summed E-state index contributed by atoms with van der Waals surface area (Å²) in [5.74, 6) is 5.17. The van der Waals surface area contributed by atoms with E-state index < -0.39 is 0 Å². The highest BCUT2D eigenvalue weighted by Crippen LogP contribution is 2.50. The Balaban J connectivity index is 1.48. The van der Waals surface area contributed by atoms with Crippen molar-refractivity contribution in [1.29, 1.82) is 0 Å². The summed E-state index contributed by atoms with van der Waals surface area (Å²) in [6.07, 6.45) is 20.4. The maximum Gasteiger partial charge on any atom is -0.0200 e. The highest BCUT2D eigenvalue weighted by molar-refractivity contribution is 5.16. The van der Waals surface area contributed by atoms with E-state index in [1.165, 1.54) is 64.2 Å². The SMILES string of the molecule is CCCCCCC1CCC(C2CCC3CCC=C3C2)C1C. The number of allylic oxidation sites excluding steroid dienone is 2. The van der Waals surface area contributed by atoms with Crippen LogP contribution in [0, 0.1) is 29.6 Å². The first-order valence-corrected chi connectivity index (χ1v) is 9.98. The minimum absolute atomic E-state index is 1.00. The van der Waals surface area contributed by atoms with Crippen molar-refractivity contribution in [2.45, 2.75) is 90.9 Å². The molecule has 0 heterocycles. The van der Waals surface area contributed by atoms with E-state index in [1.807, 2.05) is 5.57 Å². The second kappa shape index (κ2) is 7.34. The number of unbranched alkanes of at least 4 members (excludes halogenated alkanes) is 3. The van der Waals surface area contributed by atoms with Crippen molar-refractivity contribution in [2.75, 3.05) is 0 Å². The normalized spacial score (nSPS) is 39.3. The van der Waals surface area contributed by atoms with E-state index >= 15 is 0 Å². The van der Waals surface area contributed by atoms with Gasteiger partial charge in [0.1, 0.15) is 0 Å². The van der Waals surface area contributed by atoms with Gasteiger partial charge in [-0.3, -0.25) is 0 Å².